The Labute approximate surface area is 101 Å². The Morgan fingerprint density at radius 3 is 2.53 bits per heavy atom. The molecule has 1 N–H and O–H groups in total. The van der Waals surface area contributed by atoms with Crippen molar-refractivity contribution in [2.45, 2.75) is 5.25 Å². The van der Waals surface area contributed by atoms with Crippen molar-refractivity contribution in [1.29, 1.82) is 0 Å². The number of thioether (sulfide) groups is 1. The third-order valence-electron chi connectivity index (χ3n) is 2.25. The molecule has 1 saturated heterocycles. The second-order valence-corrected chi connectivity index (χ2v) is 4.57. The van der Waals surface area contributed by atoms with Crippen molar-refractivity contribution in [2.75, 3.05) is 5.75 Å². The molecule has 1 fully saturated rings. The number of nitrogens with one attached hydrogen (secondary N) is 1. The van der Waals surface area contributed by atoms with Gasteiger partial charge in [-0.3, -0.25) is 19.7 Å². The van der Waals surface area contributed by atoms with Gasteiger partial charge in [-0.15, -0.1) is 11.8 Å². The van der Waals surface area contributed by atoms with Crippen LogP contribution >= 0.6 is 11.8 Å². The molecule has 0 spiro atoms. The van der Waals surface area contributed by atoms with E-state index in [0.29, 0.717) is 0 Å². The smallest absolute Gasteiger partial charge is 0.247 e. The highest BCUT2D eigenvalue weighted by Gasteiger charge is 2.33. The van der Waals surface area contributed by atoms with E-state index in [1.54, 1.807) is 0 Å². The average molecular weight is 253 g/mol. The maximum atomic E-state index is 12.7. The lowest BCUT2D eigenvalue weighted by Crippen LogP contribution is -2.46. The summed E-state index contributed by atoms with van der Waals surface area (Å²) in [4.78, 5) is 34.3. The second kappa shape index (κ2) is 4.67. The van der Waals surface area contributed by atoms with E-state index in [9.17, 15) is 18.8 Å². The fourth-order valence-corrected chi connectivity index (χ4v) is 2.32. The van der Waals surface area contributed by atoms with Gasteiger partial charge in [0.05, 0.1) is 5.75 Å². The lowest BCUT2D eigenvalue weighted by Gasteiger charge is -2.19. The molecular formula is C11H8FNO3S. The van der Waals surface area contributed by atoms with Crippen molar-refractivity contribution in [2.24, 2.45) is 0 Å². The quantitative estimate of drug-likeness (QED) is 0.480. The topological polar surface area (TPSA) is 63.2 Å². The van der Waals surface area contributed by atoms with E-state index in [-0.39, 0.29) is 11.3 Å². The van der Waals surface area contributed by atoms with Crippen LogP contribution in [0.3, 0.4) is 0 Å². The van der Waals surface area contributed by atoms with Gasteiger partial charge >= 0.3 is 0 Å². The SMILES string of the molecule is O=C1CSC(C(=O)c2ccc(F)cc2)C(=O)N1. The molecule has 0 saturated carbocycles. The molecule has 1 aliphatic heterocycles. The van der Waals surface area contributed by atoms with E-state index in [4.69, 9.17) is 0 Å². The predicted octanol–water partition coefficient (Wildman–Crippen LogP) is 0.767. The third kappa shape index (κ3) is 2.52. The number of hydrogen-bond donors (Lipinski definition) is 1. The minimum Gasteiger partial charge on any atom is -0.294 e. The minimum absolute atomic E-state index is 0.0728. The maximum absolute atomic E-state index is 12.7. The van der Waals surface area contributed by atoms with Gasteiger partial charge in [-0.05, 0) is 24.3 Å². The van der Waals surface area contributed by atoms with Crippen LogP contribution in [0.2, 0.25) is 0 Å². The zero-order valence-electron chi connectivity index (χ0n) is 8.60. The van der Waals surface area contributed by atoms with Crippen LogP contribution in [-0.2, 0) is 9.59 Å². The van der Waals surface area contributed by atoms with Gasteiger partial charge < -0.3 is 0 Å². The number of Topliss-reactive ketones (excluding diaryl/α,β-unsaturated/α-hetero) is 1. The highest BCUT2D eigenvalue weighted by molar-refractivity contribution is 8.02. The van der Waals surface area contributed by atoms with Crippen molar-refractivity contribution >= 4 is 29.4 Å². The lowest BCUT2D eigenvalue weighted by molar-refractivity contribution is -0.128. The van der Waals surface area contributed by atoms with Crippen LogP contribution in [0, 0.1) is 5.82 Å². The fourth-order valence-electron chi connectivity index (χ4n) is 1.43. The van der Waals surface area contributed by atoms with Gasteiger partial charge in [-0.25, -0.2) is 4.39 Å². The molecule has 2 amide bonds. The average Bonchev–Trinajstić information content (AvgIpc) is 2.29. The number of benzene rings is 1. The summed E-state index contributed by atoms with van der Waals surface area (Å²) in [5.74, 6) is -1.80. The van der Waals surface area contributed by atoms with E-state index in [0.717, 1.165) is 23.9 Å². The molecule has 0 bridgehead atoms. The Balaban J connectivity index is 2.17. The first kappa shape index (κ1) is 11.8. The van der Waals surface area contributed by atoms with Crippen molar-refractivity contribution in [3.63, 3.8) is 0 Å². The summed E-state index contributed by atoms with van der Waals surface area (Å²) < 4.78 is 12.7. The molecule has 0 radical (unpaired) electrons. The van der Waals surface area contributed by atoms with Gasteiger partial charge in [-0.1, -0.05) is 0 Å². The molecule has 17 heavy (non-hydrogen) atoms. The fraction of sp³-hybridized carbons (Fsp3) is 0.182. The van der Waals surface area contributed by atoms with E-state index in [2.05, 4.69) is 5.32 Å². The van der Waals surface area contributed by atoms with Gasteiger partial charge in [-0.2, -0.15) is 0 Å². The third-order valence-corrected chi connectivity index (χ3v) is 3.44. The summed E-state index contributed by atoms with van der Waals surface area (Å²) in [5, 5.41) is 1.17. The van der Waals surface area contributed by atoms with E-state index >= 15 is 0 Å². The van der Waals surface area contributed by atoms with Gasteiger partial charge in [0, 0.05) is 5.56 Å². The first-order valence-electron chi connectivity index (χ1n) is 4.83. The van der Waals surface area contributed by atoms with Gasteiger partial charge in [0.25, 0.3) is 0 Å². The molecule has 1 aromatic carbocycles. The monoisotopic (exact) mass is 253 g/mol. The van der Waals surface area contributed by atoms with Crippen LogP contribution in [0.25, 0.3) is 0 Å². The molecular weight excluding hydrogens is 245 g/mol. The maximum Gasteiger partial charge on any atom is 0.247 e. The van der Waals surface area contributed by atoms with Crippen molar-refractivity contribution in [3.05, 3.63) is 35.6 Å². The second-order valence-electron chi connectivity index (χ2n) is 3.47. The number of carbonyl (C=O) groups excluding carboxylic acids is 3. The van der Waals surface area contributed by atoms with E-state index in [1.807, 2.05) is 0 Å². The molecule has 88 valence electrons. The highest BCUT2D eigenvalue weighted by Crippen LogP contribution is 2.20. The molecule has 1 heterocycles. The van der Waals surface area contributed by atoms with Gasteiger partial charge in [0.15, 0.2) is 5.78 Å². The number of amides is 2. The first-order valence-corrected chi connectivity index (χ1v) is 5.88. The Bertz CT molecular complexity index is 486. The van der Waals surface area contributed by atoms with Crippen LogP contribution in [0.15, 0.2) is 24.3 Å². The van der Waals surface area contributed by atoms with Crippen LogP contribution < -0.4 is 5.32 Å². The number of imide groups is 1. The van der Waals surface area contributed by atoms with Crippen molar-refractivity contribution in [1.82, 2.24) is 5.32 Å². The van der Waals surface area contributed by atoms with Gasteiger partial charge in [0.1, 0.15) is 11.1 Å². The molecule has 4 nitrogen and oxygen atoms in total. The zero-order valence-corrected chi connectivity index (χ0v) is 9.42. The van der Waals surface area contributed by atoms with E-state index in [1.165, 1.54) is 12.1 Å². The molecule has 1 aromatic rings. The minimum atomic E-state index is -0.932. The molecule has 1 atom stereocenters. The van der Waals surface area contributed by atoms with E-state index < -0.39 is 28.7 Å². The first-order chi connectivity index (χ1) is 8.08. The van der Waals surface area contributed by atoms with Crippen molar-refractivity contribution < 1.29 is 18.8 Å². The normalized spacial score (nSPS) is 19.9. The summed E-state index contributed by atoms with van der Waals surface area (Å²) >= 11 is 0.982. The molecule has 0 aliphatic carbocycles. The number of hydrogen-bond acceptors (Lipinski definition) is 4. The van der Waals surface area contributed by atoms with Gasteiger partial charge in [0.2, 0.25) is 11.8 Å². The summed E-state index contributed by atoms with van der Waals surface area (Å²) in [5.41, 5.74) is 0.258. The Morgan fingerprint density at radius 2 is 1.94 bits per heavy atom. The highest BCUT2D eigenvalue weighted by atomic mass is 32.2. The zero-order chi connectivity index (χ0) is 12.4. The summed E-state index contributed by atoms with van der Waals surface area (Å²) in [7, 11) is 0. The largest absolute Gasteiger partial charge is 0.294 e. The van der Waals surface area contributed by atoms with Crippen LogP contribution in [-0.4, -0.2) is 28.6 Å². The number of halogens is 1. The van der Waals surface area contributed by atoms with Crippen LogP contribution in [0.1, 0.15) is 10.4 Å². The Morgan fingerprint density at radius 1 is 1.29 bits per heavy atom. The molecule has 1 unspecified atom stereocenters. The summed E-state index contributed by atoms with van der Waals surface area (Å²) in [6.45, 7) is 0. The van der Waals surface area contributed by atoms with Crippen LogP contribution in [0.4, 0.5) is 4.39 Å². The Kier molecular flexibility index (Phi) is 3.23. The molecule has 0 aromatic heterocycles. The number of carbonyl (C=O) groups is 3. The molecule has 6 heteroatoms. The summed E-state index contributed by atoms with van der Waals surface area (Å²) in [6, 6.07) is 4.96. The predicted molar refractivity (Wildman–Crippen MR) is 60.1 cm³/mol. The molecule has 2 rings (SSSR count). The van der Waals surface area contributed by atoms with Crippen LogP contribution in [0.5, 0.6) is 0 Å². The lowest BCUT2D eigenvalue weighted by atomic mass is 10.1. The summed E-state index contributed by atoms with van der Waals surface area (Å²) in [6.07, 6.45) is 0. The Hall–Kier alpha value is -1.69. The number of rotatable bonds is 2. The standard InChI is InChI=1S/C11H8FNO3S/c12-7-3-1-6(2-4-7)9(15)10-11(16)13-8(14)5-17-10/h1-4,10H,5H2,(H,13,14,16). The molecule has 1 aliphatic rings. The van der Waals surface area contributed by atoms with Crippen molar-refractivity contribution in [3.8, 4) is 0 Å². The number of ketones is 1.